The SMILES string of the molecule is CC(CCCn1nnc2c(=O)[nH]c(Cc3ccc(N)cc3)nc21)c1ccccc1. The number of hydrogen-bond acceptors (Lipinski definition) is 5. The van der Waals surface area contributed by atoms with Gasteiger partial charge < -0.3 is 10.7 Å². The Balaban J connectivity index is 1.49. The number of nitrogens with one attached hydrogen (secondary N) is 1. The molecule has 0 aliphatic carbocycles. The molecular formula is C22H24N6O. The quantitative estimate of drug-likeness (QED) is 0.473. The summed E-state index contributed by atoms with van der Waals surface area (Å²) in [6, 6.07) is 18.0. The van der Waals surface area contributed by atoms with Crippen molar-refractivity contribution in [3.8, 4) is 0 Å². The molecule has 7 nitrogen and oxygen atoms in total. The van der Waals surface area contributed by atoms with Crippen LogP contribution >= 0.6 is 0 Å². The highest BCUT2D eigenvalue weighted by Crippen LogP contribution is 2.20. The van der Waals surface area contributed by atoms with E-state index in [4.69, 9.17) is 5.73 Å². The van der Waals surface area contributed by atoms with E-state index in [0.717, 1.165) is 18.4 Å². The second kappa shape index (κ2) is 8.26. The van der Waals surface area contributed by atoms with Gasteiger partial charge in [0.25, 0.3) is 5.56 Å². The van der Waals surface area contributed by atoms with Gasteiger partial charge in [-0.25, -0.2) is 9.67 Å². The summed E-state index contributed by atoms with van der Waals surface area (Å²) in [4.78, 5) is 19.8. The molecule has 2 heterocycles. The molecule has 2 aromatic heterocycles. The zero-order valence-corrected chi connectivity index (χ0v) is 16.4. The zero-order chi connectivity index (χ0) is 20.2. The van der Waals surface area contributed by atoms with Crippen LogP contribution in [0.5, 0.6) is 0 Å². The Hall–Kier alpha value is -3.48. The van der Waals surface area contributed by atoms with Crippen LogP contribution < -0.4 is 11.3 Å². The molecule has 7 heteroatoms. The molecular weight excluding hydrogens is 364 g/mol. The molecule has 0 aliphatic heterocycles. The molecule has 0 saturated carbocycles. The third kappa shape index (κ3) is 4.34. The summed E-state index contributed by atoms with van der Waals surface area (Å²) in [6.07, 6.45) is 2.46. The Labute approximate surface area is 168 Å². The number of aromatic nitrogens is 5. The molecule has 0 saturated heterocycles. The van der Waals surface area contributed by atoms with Crippen LogP contribution in [-0.2, 0) is 13.0 Å². The van der Waals surface area contributed by atoms with E-state index in [2.05, 4.69) is 51.5 Å². The first-order valence-electron chi connectivity index (χ1n) is 9.82. The van der Waals surface area contributed by atoms with Gasteiger partial charge in [-0.05, 0) is 42.0 Å². The molecule has 0 spiro atoms. The fourth-order valence-electron chi connectivity index (χ4n) is 3.47. The average molecular weight is 388 g/mol. The maximum Gasteiger partial charge on any atom is 0.281 e. The first kappa shape index (κ1) is 18.9. The number of hydrogen-bond donors (Lipinski definition) is 2. The lowest BCUT2D eigenvalue weighted by molar-refractivity contribution is 0.523. The van der Waals surface area contributed by atoms with E-state index in [1.54, 1.807) is 4.68 Å². The third-order valence-corrected chi connectivity index (χ3v) is 5.15. The van der Waals surface area contributed by atoms with Crippen molar-refractivity contribution in [1.29, 1.82) is 0 Å². The number of nitrogens with two attached hydrogens (primary N) is 1. The predicted octanol–water partition coefficient (Wildman–Crippen LogP) is 3.27. The van der Waals surface area contributed by atoms with Crippen LogP contribution in [0, 0.1) is 0 Å². The van der Waals surface area contributed by atoms with E-state index in [1.165, 1.54) is 5.56 Å². The molecule has 0 radical (unpaired) electrons. The van der Waals surface area contributed by atoms with Crippen molar-refractivity contribution in [1.82, 2.24) is 25.0 Å². The topological polar surface area (TPSA) is 102 Å². The van der Waals surface area contributed by atoms with Crippen molar-refractivity contribution < 1.29 is 0 Å². The molecule has 0 fully saturated rings. The van der Waals surface area contributed by atoms with Gasteiger partial charge in [-0.15, -0.1) is 5.10 Å². The van der Waals surface area contributed by atoms with Gasteiger partial charge in [-0.2, -0.15) is 0 Å². The van der Waals surface area contributed by atoms with Gasteiger partial charge in [0.2, 0.25) is 0 Å². The first-order chi connectivity index (χ1) is 14.1. The van der Waals surface area contributed by atoms with Gasteiger partial charge in [-0.3, -0.25) is 4.79 Å². The van der Waals surface area contributed by atoms with Crippen molar-refractivity contribution in [3.05, 3.63) is 81.9 Å². The summed E-state index contributed by atoms with van der Waals surface area (Å²) in [6.45, 7) is 2.90. The molecule has 0 amide bonds. The number of anilines is 1. The Morgan fingerprint density at radius 3 is 2.62 bits per heavy atom. The van der Waals surface area contributed by atoms with Crippen LogP contribution in [0.4, 0.5) is 5.69 Å². The minimum atomic E-state index is -0.260. The summed E-state index contributed by atoms with van der Waals surface area (Å²) in [5.74, 6) is 1.05. The molecule has 2 aromatic carbocycles. The van der Waals surface area contributed by atoms with E-state index in [-0.39, 0.29) is 11.1 Å². The van der Waals surface area contributed by atoms with Crippen molar-refractivity contribution in [3.63, 3.8) is 0 Å². The molecule has 0 aliphatic rings. The number of benzene rings is 2. The summed E-state index contributed by atoms with van der Waals surface area (Å²) < 4.78 is 1.73. The minimum Gasteiger partial charge on any atom is -0.399 e. The summed E-state index contributed by atoms with van der Waals surface area (Å²) >= 11 is 0. The highest BCUT2D eigenvalue weighted by Gasteiger charge is 2.13. The van der Waals surface area contributed by atoms with Gasteiger partial charge in [-0.1, -0.05) is 54.6 Å². The third-order valence-electron chi connectivity index (χ3n) is 5.15. The van der Waals surface area contributed by atoms with Crippen molar-refractivity contribution in [2.75, 3.05) is 5.73 Å². The van der Waals surface area contributed by atoms with Gasteiger partial charge in [0.15, 0.2) is 11.2 Å². The van der Waals surface area contributed by atoms with Gasteiger partial charge in [0.1, 0.15) is 5.82 Å². The van der Waals surface area contributed by atoms with Gasteiger partial charge >= 0.3 is 0 Å². The normalized spacial score (nSPS) is 12.3. The molecule has 4 rings (SSSR count). The Bertz CT molecular complexity index is 1150. The van der Waals surface area contributed by atoms with Crippen LogP contribution in [0.25, 0.3) is 11.2 Å². The Morgan fingerprint density at radius 2 is 1.86 bits per heavy atom. The predicted molar refractivity (Wildman–Crippen MR) is 114 cm³/mol. The minimum absolute atomic E-state index is 0.260. The fourth-order valence-corrected chi connectivity index (χ4v) is 3.47. The molecule has 29 heavy (non-hydrogen) atoms. The second-order valence-electron chi connectivity index (χ2n) is 7.37. The van der Waals surface area contributed by atoms with Crippen LogP contribution in [0.3, 0.4) is 0 Å². The van der Waals surface area contributed by atoms with E-state index in [0.29, 0.717) is 36.0 Å². The van der Waals surface area contributed by atoms with Crippen LogP contribution in [0.2, 0.25) is 0 Å². The largest absolute Gasteiger partial charge is 0.399 e. The zero-order valence-electron chi connectivity index (χ0n) is 16.4. The molecule has 3 N–H and O–H groups in total. The van der Waals surface area contributed by atoms with Gasteiger partial charge in [0.05, 0.1) is 0 Å². The number of rotatable bonds is 7. The fraction of sp³-hybridized carbons (Fsp3) is 0.273. The Morgan fingerprint density at radius 1 is 1.10 bits per heavy atom. The van der Waals surface area contributed by atoms with Gasteiger partial charge in [0, 0.05) is 18.7 Å². The van der Waals surface area contributed by atoms with E-state index < -0.39 is 0 Å². The number of aromatic amines is 1. The highest BCUT2D eigenvalue weighted by molar-refractivity contribution is 5.68. The molecule has 148 valence electrons. The standard InChI is InChI=1S/C22H24N6O/c1-15(17-7-3-2-4-8-17)6-5-13-28-21-20(26-27-28)22(29)25-19(24-21)14-16-9-11-18(23)12-10-16/h2-4,7-12,15H,5-6,13-14,23H2,1H3,(H,24,25,29). The molecule has 4 aromatic rings. The van der Waals surface area contributed by atoms with Crippen molar-refractivity contribution in [2.24, 2.45) is 0 Å². The Kier molecular flexibility index (Phi) is 5.37. The number of fused-ring (bicyclic) bond motifs is 1. The highest BCUT2D eigenvalue weighted by atomic mass is 16.1. The lowest BCUT2D eigenvalue weighted by atomic mass is 9.96. The maximum atomic E-state index is 12.4. The lowest BCUT2D eigenvalue weighted by Gasteiger charge is -2.11. The lowest BCUT2D eigenvalue weighted by Crippen LogP contribution is -2.13. The van der Waals surface area contributed by atoms with Crippen LogP contribution in [-0.4, -0.2) is 25.0 Å². The summed E-state index contributed by atoms with van der Waals surface area (Å²) in [5, 5.41) is 8.18. The number of H-pyrrole nitrogens is 1. The molecule has 1 unspecified atom stereocenters. The van der Waals surface area contributed by atoms with E-state index >= 15 is 0 Å². The van der Waals surface area contributed by atoms with E-state index in [9.17, 15) is 4.79 Å². The number of nitrogen functional groups attached to an aromatic ring is 1. The summed E-state index contributed by atoms with van der Waals surface area (Å²) in [5.41, 5.74) is 9.35. The maximum absolute atomic E-state index is 12.4. The van der Waals surface area contributed by atoms with Crippen molar-refractivity contribution in [2.45, 2.75) is 38.6 Å². The van der Waals surface area contributed by atoms with Crippen molar-refractivity contribution >= 4 is 16.9 Å². The number of aryl methyl sites for hydroxylation is 1. The number of nitrogens with zero attached hydrogens (tertiary/aromatic N) is 4. The van der Waals surface area contributed by atoms with E-state index in [1.807, 2.05) is 30.3 Å². The van der Waals surface area contributed by atoms with Crippen LogP contribution in [0.15, 0.2) is 59.4 Å². The van der Waals surface area contributed by atoms with Crippen LogP contribution in [0.1, 0.15) is 42.6 Å². The smallest absolute Gasteiger partial charge is 0.281 e. The average Bonchev–Trinajstić information content (AvgIpc) is 3.14. The first-order valence-corrected chi connectivity index (χ1v) is 9.82. The second-order valence-corrected chi connectivity index (χ2v) is 7.37. The molecule has 1 atom stereocenters. The monoisotopic (exact) mass is 388 g/mol. The molecule has 0 bridgehead atoms. The summed E-state index contributed by atoms with van der Waals surface area (Å²) in [7, 11) is 0.